The first-order valence-corrected chi connectivity index (χ1v) is 6.25. The van der Waals surface area contributed by atoms with Gasteiger partial charge in [0.2, 0.25) is 0 Å². The van der Waals surface area contributed by atoms with Crippen molar-refractivity contribution >= 4 is 11.4 Å². The molecule has 4 heteroatoms. The van der Waals surface area contributed by atoms with E-state index in [0.29, 0.717) is 5.69 Å². The molecule has 1 aliphatic rings. The summed E-state index contributed by atoms with van der Waals surface area (Å²) in [7, 11) is 0. The van der Waals surface area contributed by atoms with Gasteiger partial charge >= 0.3 is 0 Å². The zero-order valence-electron chi connectivity index (χ0n) is 10.5. The number of fused-ring (bicyclic) bond motifs is 1. The lowest BCUT2D eigenvalue weighted by Gasteiger charge is -2.21. The van der Waals surface area contributed by atoms with E-state index in [1.807, 2.05) is 24.3 Å². The fourth-order valence-electron chi connectivity index (χ4n) is 2.58. The van der Waals surface area contributed by atoms with Crippen LogP contribution in [0.2, 0.25) is 0 Å². The van der Waals surface area contributed by atoms with Gasteiger partial charge in [0.25, 0.3) is 0 Å². The first-order valence-electron chi connectivity index (χ1n) is 6.25. The molecule has 19 heavy (non-hydrogen) atoms. The van der Waals surface area contributed by atoms with Gasteiger partial charge in [-0.25, -0.2) is 4.98 Å². The monoisotopic (exact) mass is 250 g/mol. The third-order valence-corrected chi connectivity index (χ3v) is 3.43. The first kappa shape index (κ1) is 11.5. The molecule has 0 aliphatic carbocycles. The van der Waals surface area contributed by atoms with E-state index in [2.05, 4.69) is 22.0 Å². The van der Waals surface area contributed by atoms with Crippen LogP contribution >= 0.6 is 0 Å². The van der Waals surface area contributed by atoms with E-state index in [9.17, 15) is 0 Å². The number of nitrogens with two attached hydrogens (primary N) is 1. The third-order valence-electron chi connectivity index (χ3n) is 3.43. The molecule has 0 radical (unpaired) electrons. The summed E-state index contributed by atoms with van der Waals surface area (Å²) < 4.78 is 0. The maximum Gasteiger partial charge on any atom is 0.140 e. The number of para-hydroxylation sites is 1. The minimum absolute atomic E-state index is 0.456. The molecule has 0 bridgehead atoms. The van der Waals surface area contributed by atoms with Gasteiger partial charge in [-0.1, -0.05) is 12.1 Å². The maximum atomic E-state index is 8.88. The van der Waals surface area contributed by atoms with Crippen molar-refractivity contribution in [3.63, 3.8) is 0 Å². The van der Waals surface area contributed by atoms with Crippen molar-refractivity contribution in [2.75, 3.05) is 17.2 Å². The molecule has 0 saturated carbocycles. The summed E-state index contributed by atoms with van der Waals surface area (Å²) >= 11 is 0. The number of hydrogen-bond donors (Lipinski definition) is 1. The normalized spacial score (nSPS) is 13.1. The predicted molar refractivity (Wildman–Crippen MR) is 74.6 cm³/mol. The molecule has 0 unspecified atom stereocenters. The summed E-state index contributed by atoms with van der Waals surface area (Å²) in [4.78, 5) is 6.26. The van der Waals surface area contributed by atoms with Crippen LogP contribution in [-0.2, 0) is 13.0 Å². The lowest BCUT2D eigenvalue weighted by atomic mass is 10.1. The van der Waals surface area contributed by atoms with Crippen molar-refractivity contribution in [3.05, 3.63) is 53.3 Å². The predicted octanol–water partition coefficient (Wildman–Crippen LogP) is 2.10. The van der Waals surface area contributed by atoms with Crippen LogP contribution in [0.1, 0.15) is 16.8 Å². The Morgan fingerprint density at radius 2 is 2.26 bits per heavy atom. The van der Waals surface area contributed by atoms with Crippen molar-refractivity contribution in [1.82, 2.24) is 4.98 Å². The highest BCUT2D eigenvalue weighted by Crippen LogP contribution is 2.34. The van der Waals surface area contributed by atoms with Gasteiger partial charge in [-0.2, -0.15) is 5.26 Å². The number of aromatic nitrogens is 1. The molecule has 0 atom stereocenters. The van der Waals surface area contributed by atoms with Crippen LogP contribution in [0, 0.1) is 11.3 Å². The van der Waals surface area contributed by atoms with Crippen LogP contribution in [0.5, 0.6) is 0 Å². The average Bonchev–Trinajstić information content (AvgIpc) is 2.84. The molecule has 94 valence electrons. The van der Waals surface area contributed by atoms with Crippen LogP contribution in [0.25, 0.3) is 0 Å². The zero-order valence-corrected chi connectivity index (χ0v) is 10.5. The molecule has 2 N–H and O–H groups in total. The van der Waals surface area contributed by atoms with Gasteiger partial charge in [-0.15, -0.1) is 0 Å². The van der Waals surface area contributed by atoms with Crippen molar-refractivity contribution in [2.45, 2.75) is 13.0 Å². The molecule has 1 aliphatic heterocycles. The Bertz CT molecular complexity index is 657. The topological polar surface area (TPSA) is 65.9 Å². The molecule has 1 aromatic carbocycles. The molecule has 0 spiro atoms. The smallest absolute Gasteiger partial charge is 0.140 e. The van der Waals surface area contributed by atoms with E-state index < -0.39 is 0 Å². The molecule has 0 amide bonds. The van der Waals surface area contributed by atoms with E-state index in [1.165, 1.54) is 5.56 Å². The lowest BCUT2D eigenvalue weighted by molar-refractivity contribution is 0.835. The second kappa shape index (κ2) is 4.62. The fourth-order valence-corrected chi connectivity index (χ4v) is 2.58. The Kier molecular flexibility index (Phi) is 2.81. The molecule has 0 saturated heterocycles. The van der Waals surface area contributed by atoms with Gasteiger partial charge in [0, 0.05) is 19.3 Å². The largest absolute Gasteiger partial charge is 0.397 e. The second-order valence-electron chi connectivity index (χ2n) is 4.69. The van der Waals surface area contributed by atoms with E-state index >= 15 is 0 Å². The number of benzene rings is 1. The van der Waals surface area contributed by atoms with Crippen molar-refractivity contribution in [2.24, 2.45) is 0 Å². The minimum Gasteiger partial charge on any atom is -0.397 e. The summed E-state index contributed by atoms with van der Waals surface area (Å²) in [6.07, 6.45) is 2.70. The molecular formula is C15H14N4. The Morgan fingerprint density at radius 1 is 1.37 bits per heavy atom. The van der Waals surface area contributed by atoms with E-state index in [-0.39, 0.29) is 0 Å². The van der Waals surface area contributed by atoms with Crippen LogP contribution in [-0.4, -0.2) is 11.5 Å². The summed E-state index contributed by atoms with van der Waals surface area (Å²) in [5, 5.41) is 8.88. The summed E-state index contributed by atoms with van der Waals surface area (Å²) in [6.45, 7) is 1.73. The van der Waals surface area contributed by atoms with Crippen LogP contribution in [0.4, 0.5) is 11.4 Å². The number of nitrogen functional groups attached to an aromatic ring is 1. The Morgan fingerprint density at radius 3 is 3.11 bits per heavy atom. The number of nitrogens with zero attached hydrogens (tertiary/aromatic N) is 3. The first-order chi connectivity index (χ1) is 9.28. The van der Waals surface area contributed by atoms with Crippen LogP contribution < -0.4 is 10.6 Å². The highest BCUT2D eigenvalue weighted by Gasteiger charge is 2.21. The summed E-state index contributed by atoms with van der Waals surface area (Å²) in [5.41, 5.74) is 10.9. The number of hydrogen-bond acceptors (Lipinski definition) is 4. The molecular weight excluding hydrogens is 236 g/mol. The summed E-state index contributed by atoms with van der Waals surface area (Å²) in [6, 6.07) is 11.9. The Hall–Kier alpha value is -2.54. The highest BCUT2D eigenvalue weighted by atomic mass is 15.2. The summed E-state index contributed by atoms with van der Waals surface area (Å²) in [5.74, 6) is 0. The highest BCUT2D eigenvalue weighted by molar-refractivity contribution is 5.74. The van der Waals surface area contributed by atoms with Gasteiger partial charge in [0.1, 0.15) is 11.8 Å². The standard InChI is InChI=1S/C15H14N4/c16-9-13-8-11(4-6-18-13)10-19-7-5-12-2-1-3-14(17)15(12)19/h1-4,6,8H,5,7,10,17H2. The molecule has 0 fully saturated rings. The van der Waals surface area contributed by atoms with E-state index in [4.69, 9.17) is 11.0 Å². The van der Waals surface area contributed by atoms with Crippen LogP contribution in [0.15, 0.2) is 36.5 Å². The fraction of sp³-hybridized carbons (Fsp3) is 0.200. The SMILES string of the molecule is N#Cc1cc(CN2CCc3cccc(N)c32)ccn1. The van der Waals surface area contributed by atoms with E-state index in [0.717, 1.165) is 36.4 Å². The Balaban J connectivity index is 1.89. The van der Waals surface area contributed by atoms with Gasteiger partial charge in [0.15, 0.2) is 0 Å². The number of anilines is 2. The average molecular weight is 250 g/mol. The maximum absolute atomic E-state index is 8.88. The van der Waals surface area contributed by atoms with Crippen molar-refractivity contribution in [3.8, 4) is 6.07 Å². The van der Waals surface area contributed by atoms with E-state index in [1.54, 1.807) is 6.20 Å². The molecule has 2 heterocycles. The minimum atomic E-state index is 0.456. The quantitative estimate of drug-likeness (QED) is 0.829. The van der Waals surface area contributed by atoms with Gasteiger partial charge in [0.05, 0.1) is 11.4 Å². The Labute approximate surface area is 112 Å². The third kappa shape index (κ3) is 2.11. The second-order valence-corrected chi connectivity index (χ2v) is 4.69. The molecule has 3 rings (SSSR count). The molecule has 1 aromatic heterocycles. The van der Waals surface area contributed by atoms with Gasteiger partial charge in [-0.3, -0.25) is 0 Å². The lowest BCUT2D eigenvalue weighted by Crippen LogP contribution is -2.20. The van der Waals surface area contributed by atoms with Crippen LogP contribution in [0.3, 0.4) is 0 Å². The zero-order chi connectivity index (χ0) is 13.2. The van der Waals surface area contributed by atoms with Gasteiger partial charge < -0.3 is 10.6 Å². The van der Waals surface area contributed by atoms with Crippen molar-refractivity contribution in [1.29, 1.82) is 5.26 Å². The molecule has 4 nitrogen and oxygen atoms in total. The number of pyridine rings is 1. The van der Waals surface area contributed by atoms with Crippen molar-refractivity contribution < 1.29 is 0 Å². The number of nitriles is 1. The number of rotatable bonds is 2. The van der Waals surface area contributed by atoms with Gasteiger partial charge in [-0.05, 0) is 35.7 Å². The molecule has 2 aromatic rings.